The van der Waals surface area contributed by atoms with Crippen molar-refractivity contribution in [2.45, 2.75) is 67.2 Å². The first-order valence-electron chi connectivity index (χ1n) is 21.4. The molecule has 8 aromatic rings. The van der Waals surface area contributed by atoms with Gasteiger partial charge in [0.1, 0.15) is 16.5 Å². The lowest BCUT2D eigenvalue weighted by molar-refractivity contribution is 0.0984. The number of hydrogen-bond acceptors (Lipinski definition) is 19. The third-order valence-corrected chi connectivity index (χ3v) is 9.76. The number of ether oxygens (including phenoxy) is 4. The Hall–Kier alpha value is -6.99. The van der Waals surface area contributed by atoms with Crippen LogP contribution in [0.4, 0.5) is 26.6 Å². The van der Waals surface area contributed by atoms with E-state index in [1.54, 1.807) is 35.1 Å². The van der Waals surface area contributed by atoms with Crippen LogP contribution in [0.2, 0.25) is 5.15 Å². The summed E-state index contributed by atoms with van der Waals surface area (Å²) in [6.07, 6.45) is 11.0. The maximum Gasteiger partial charge on any atom is 0.280 e. The first-order chi connectivity index (χ1) is 33.6. The van der Waals surface area contributed by atoms with Crippen LogP contribution >= 0.6 is 43.5 Å². The highest BCUT2D eigenvalue weighted by Gasteiger charge is 2.18. The van der Waals surface area contributed by atoms with E-state index in [1.807, 2.05) is 57.6 Å². The summed E-state index contributed by atoms with van der Waals surface area (Å²) in [5, 5.41) is 0.373. The molecule has 8 rings (SSSR count). The molecule has 0 saturated carbocycles. The van der Waals surface area contributed by atoms with Crippen molar-refractivity contribution in [3.05, 3.63) is 116 Å². The predicted molar refractivity (Wildman–Crippen MR) is 266 cm³/mol. The summed E-state index contributed by atoms with van der Waals surface area (Å²) >= 11 is 12.1. The highest BCUT2D eigenvalue weighted by Crippen LogP contribution is 2.24. The van der Waals surface area contributed by atoms with Gasteiger partial charge in [-0.15, -0.1) is 0 Å². The number of anilines is 3. The van der Waals surface area contributed by atoms with Crippen LogP contribution in [0.5, 0.6) is 23.5 Å². The van der Waals surface area contributed by atoms with E-state index in [0.29, 0.717) is 76.7 Å². The monoisotopic (exact) mass is 1110 g/mol. The van der Waals surface area contributed by atoms with E-state index in [4.69, 9.17) is 47.7 Å². The summed E-state index contributed by atoms with van der Waals surface area (Å²) in [6.45, 7) is 13.7. The molecule has 0 aromatic carbocycles. The quantitative estimate of drug-likeness (QED) is 0.0681. The Morgan fingerprint density at radius 3 is 1.71 bits per heavy atom. The second kappa shape index (κ2) is 28.5. The third-order valence-electron chi connectivity index (χ3n) is 8.46. The minimum atomic E-state index is -2.72. The van der Waals surface area contributed by atoms with Crippen molar-refractivity contribution < 1.29 is 32.5 Å². The molecular weight excluding hydrogens is 1070 g/mol. The Bertz CT molecular complexity index is 2900. The van der Waals surface area contributed by atoms with Crippen LogP contribution < -0.4 is 36.1 Å². The molecular formula is C44H51Br2ClF2N16O5. The average Bonchev–Trinajstić information content (AvgIpc) is 3.94. The van der Waals surface area contributed by atoms with Crippen molar-refractivity contribution in [2.75, 3.05) is 43.6 Å². The van der Waals surface area contributed by atoms with Crippen LogP contribution in [-0.2, 0) is 19.3 Å². The number of halogens is 5. The van der Waals surface area contributed by atoms with Gasteiger partial charge in [0, 0.05) is 55.2 Å². The van der Waals surface area contributed by atoms with Gasteiger partial charge in [0.25, 0.3) is 6.43 Å². The molecule has 0 unspecified atom stereocenters. The molecule has 0 spiro atoms. The number of nitrogens with two attached hydrogens (primary N) is 3. The van der Waals surface area contributed by atoms with Crippen LogP contribution in [0.25, 0.3) is 11.6 Å². The van der Waals surface area contributed by atoms with Crippen molar-refractivity contribution >= 4 is 78.6 Å². The number of aryl methyl sites for hydroxylation is 2. The SMILES string of the molecule is CCOc1ccnc(N)n1.CCOc1nc(N)ncc1Br.CCOc1nc2nc(CC)cn2cc1Br.CCOc1nc2nc(CC)cn2cc1CC(=O)c1cccc(C(F)F)n1.Nc1nccc(Cl)n1. The molecule has 8 aromatic heterocycles. The number of carbonyl (C=O) groups excluding carboxylic acids is 1. The smallest absolute Gasteiger partial charge is 0.280 e. The Balaban J connectivity index is 0.000000206. The standard InChI is InChI=1S/C18H18F2N4O2.C10H12BrN3O.C6H8BrN3O.C6H9N3O.C4H4ClN3/c1-3-12-10-24-9-11(17(26-4-2)23-18(24)21-12)8-15(25)13-6-5-7-14(22-13)16(19)20;1-3-7-5-14-6-8(11)9(15-4-2)13-10(14)12-7;1-2-11-5-4(7)3-9-6(8)10-5;1-2-10-5-3-4-8-6(7)9-5;5-3-1-2-7-4(6)8-3/h5-7,9-10,16H,3-4,8H2,1-2H3;5-6H,3-4H2,1-2H3;3H,2H2,1H3,(H2,8,9,10);3-4H,2H2,1H3,(H2,7,8,9);1-2H,(H2,6,7,8). The molecule has 372 valence electrons. The highest BCUT2D eigenvalue weighted by atomic mass is 79.9. The number of fused-ring (bicyclic) bond motifs is 2. The molecule has 0 bridgehead atoms. The summed E-state index contributed by atoms with van der Waals surface area (Å²) < 4.78 is 51.9. The molecule has 26 heteroatoms. The normalized spacial score (nSPS) is 10.4. The largest absolute Gasteiger partial charge is 0.478 e. The van der Waals surface area contributed by atoms with E-state index in [-0.39, 0.29) is 35.7 Å². The topological polar surface area (TPSA) is 283 Å². The summed E-state index contributed by atoms with van der Waals surface area (Å²) in [4.78, 5) is 56.1. The van der Waals surface area contributed by atoms with E-state index >= 15 is 0 Å². The van der Waals surface area contributed by atoms with Gasteiger partial charge in [0.05, 0.1) is 53.0 Å². The van der Waals surface area contributed by atoms with Gasteiger partial charge in [0.2, 0.25) is 52.9 Å². The molecule has 0 saturated heterocycles. The Morgan fingerprint density at radius 2 is 1.17 bits per heavy atom. The highest BCUT2D eigenvalue weighted by molar-refractivity contribution is 9.10. The third kappa shape index (κ3) is 17.5. The average molecular weight is 1120 g/mol. The molecule has 0 aliphatic rings. The van der Waals surface area contributed by atoms with E-state index in [9.17, 15) is 13.6 Å². The Kier molecular flexibility index (Phi) is 22.6. The number of pyridine rings is 1. The number of nitrogen functional groups attached to an aromatic ring is 3. The molecule has 70 heavy (non-hydrogen) atoms. The minimum Gasteiger partial charge on any atom is -0.478 e. The molecule has 8 heterocycles. The second-order valence-corrected chi connectivity index (χ2v) is 15.6. The van der Waals surface area contributed by atoms with E-state index < -0.39 is 12.1 Å². The number of aromatic nitrogens is 13. The summed E-state index contributed by atoms with van der Waals surface area (Å²) in [7, 11) is 0. The van der Waals surface area contributed by atoms with Gasteiger partial charge >= 0.3 is 0 Å². The Labute approximate surface area is 423 Å². The lowest BCUT2D eigenvalue weighted by atomic mass is 10.1. The van der Waals surface area contributed by atoms with Crippen molar-refractivity contribution in [1.82, 2.24) is 63.6 Å². The van der Waals surface area contributed by atoms with Crippen LogP contribution in [0, 0.1) is 0 Å². The van der Waals surface area contributed by atoms with Crippen molar-refractivity contribution in [3.8, 4) is 23.5 Å². The zero-order valence-electron chi connectivity index (χ0n) is 38.9. The number of carbonyl (C=O) groups is 1. The van der Waals surface area contributed by atoms with Gasteiger partial charge in [-0.3, -0.25) is 13.6 Å². The van der Waals surface area contributed by atoms with Crippen molar-refractivity contribution in [3.63, 3.8) is 0 Å². The summed E-state index contributed by atoms with van der Waals surface area (Å²) in [5.41, 5.74) is 17.8. The lowest BCUT2D eigenvalue weighted by Gasteiger charge is -2.09. The maximum atomic E-state index is 12.8. The summed E-state index contributed by atoms with van der Waals surface area (Å²) in [5.74, 6) is 3.36. The molecule has 0 aliphatic carbocycles. The molecule has 0 aliphatic heterocycles. The number of rotatable bonds is 14. The van der Waals surface area contributed by atoms with Crippen LogP contribution in [0.1, 0.15) is 81.1 Å². The zero-order chi connectivity index (χ0) is 51.2. The Morgan fingerprint density at radius 1 is 0.629 bits per heavy atom. The minimum absolute atomic E-state index is 0.00905. The van der Waals surface area contributed by atoms with Gasteiger partial charge < -0.3 is 36.1 Å². The van der Waals surface area contributed by atoms with Gasteiger partial charge in [-0.05, 0) is 90.6 Å². The fraction of sp³-hybridized carbons (Fsp3) is 0.318. The van der Waals surface area contributed by atoms with Gasteiger partial charge in [-0.25, -0.2) is 43.7 Å². The van der Waals surface area contributed by atoms with E-state index in [1.165, 1.54) is 24.4 Å². The number of imidazole rings is 2. The molecule has 0 fully saturated rings. The first kappa shape index (κ1) is 55.6. The first-order valence-corrected chi connectivity index (χ1v) is 23.4. The number of alkyl halides is 2. The van der Waals surface area contributed by atoms with Gasteiger partial charge in [-0.2, -0.15) is 19.9 Å². The molecule has 0 atom stereocenters. The fourth-order valence-corrected chi connectivity index (χ4v) is 6.29. The second-order valence-electron chi connectivity index (χ2n) is 13.5. The lowest BCUT2D eigenvalue weighted by Crippen LogP contribution is -2.11. The van der Waals surface area contributed by atoms with Crippen LogP contribution in [0.3, 0.4) is 0 Å². The fourth-order valence-electron chi connectivity index (χ4n) is 5.42. The number of hydrogen-bond donors (Lipinski definition) is 3. The number of ketones is 1. The van der Waals surface area contributed by atoms with Crippen LogP contribution in [-0.4, -0.2) is 95.8 Å². The van der Waals surface area contributed by atoms with Gasteiger partial charge in [-0.1, -0.05) is 31.5 Å². The molecule has 6 N–H and O–H groups in total. The predicted octanol–water partition coefficient (Wildman–Crippen LogP) is 8.29. The van der Waals surface area contributed by atoms with Crippen molar-refractivity contribution in [1.29, 1.82) is 0 Å². The maximum absolute atomic E-state index is 12.8. The van der Waals surface area contributed by atoms with E-state index in [2.05, 4.69) is 93.6 Å². The van der Waals surface area contributed by atoms with Crippen molar-refractivity contribution in [2.24, 2.45) is 0 Å². The summed E-state index contributed by atoms with van der Waals surface area (Å²) in [6, 6.07) is 7.25. The number of nitrogens with zero attached hydrogens (tertiary/aromatic N) is 13. The van der Waals surface area contributed by atoms with E-state index in [0.717, 1.165) is 28.7 Å². The molecule has 0 amide bonds. The molecule has 0 radical (unpaired) electrons. The number of Topliss-reactive ketones (excluding diaryl/α,β-unsaturated/α-hetero) is 1. The molecule has 21 nitrogen and oxygen atoms in total. The van der Waals surface area contributed by atoms with Gasteiger partial charge in [0.15, 0.2) is 5.78 Å². The zero-order valence-corrected chi connectivity index (χ0v) is 42.9. The van der Waals surface area contributed by atoms with Crippen LogP contribution in [0.15, 0.2) is 82.7 Å².